The molecule has 0 aromatic carbocycles. The van der Waals surface area contributed by atoms with Crippen molar-refractivity contribution in [1.82, 2.24) is 10.2 Å². The van der Waals surface area contributed by atoms with Crippen LogP contribution in [0.2, 0.25) is 0 Å². The Morgan fingerprint density at radius 1 is 1.28 bits per heavy atom. The third-order valence-corrected chi connectivity index (χ3v) is 2.34. The van der Waals surface area contributed by atoms with Crippen LogP contribution < -0.4 is 5.32 Å². The number of aliphatic hydroxyl groups excluding tert-OH is 1. The van der Waals surface area contributed by atoms with E-state index in [0.29, 0.717) is 13.1 Å². The van der Waals surface area contributed by atoms with Gasteiger partial charge in [-0.25, -0.2) is 4.79 Å². The SMILES string of the molecule is CCCCN(CCO)CCNC(=O)OC(C)(C)C. The summed E-state index contributed by atoms with van der Waals surface area (Å²) in [7, 11) is 0. The Morgan fingerprint density at radius 2 is 1.94 bits per heavy atom. The molecule has 0 fully saturated rings. The van der Waals surface area contributed by atoms with Gasteiger partial charge < -0.3 is 15.2 Å². The highest BCUT2D eigenvalue weighted by molar-refractivity contribution is 5.67. The zero-order valence-electron chi connectivity index (χ0n) is 12.2. The lowest BCUT2D eigenvalue weighted by Crippen LogP contribution is -2.39. The van der Waals surface area contributed by atoms with Crippen molar-refractivity contribution in [2.75, 3.05) is 32.8 Å². The number of nitrogens with one attached hydrogen (secondary N) is 1. The van der Waals surface area contributed by atoms with Crippen LogP contribution in [-0.4, -0.2) is 54.5 Å². The van der Waals surface area contributed by atoms with Gasteiger partial charge in [0.25, 0.3) is 0 Å². The molecule has 0 spiro atoms. The summed E-state index contributed by atoms with van der Waals surface area (Å²) in [6, 6.07) is 0. The third kappa shape index (κ3) is 10.4. The smallest absolute Gasteiger partial charge is 0.407 e. The second-order valence-corrected chi connectivity index (χ2v) is 5.35. The van der Waals surface area contributed by atoms with Gasteiger partial charge in [-0.3, -0.25) is 4.90 Å². The number of alkyl carbamates (subject to hydrolysis) is 1. The molecular formula is C13H28N2O3. The zero-order valence-corrected chi connectivity index (χ0v) is 12.2. The molecule has 18 heavy (non-hydrogen) atoms. The number of rotatable bonds is 8. The standard InChI is InChI=1S/C13H28N2O3/c1-5-6-8-15(10-11-16)9-7-14-12(17)18-13(2,3)4/h16H,5-11H2,1-4H3,(H,14,17). The van der Waals surface area contributed by atoms with E-state index in [-0.39, 0.29) is 12.7 Å². The average molecular weight is 260 g/mol. The Hall–Kier alpha value is -0.810. The quantitative estimate of drug-likeness (QED) is 0.696. The first-order chi connectivity index (χ1) is 8.39. The number of nitrogens with zero attached hydrogens (tertiary/aromatic N) is 1. The predicted octanol–water partition coefficient (Wildman–Crippen LogP) is 1.61. The lowest BCUT2D eigenvalue weighted by atomic mass is 10.2. The number of hydrogen-bond donors (Lipinski definition) is 2. The molecule has 2 N–H and O–H groups in total. The van der Waals surface area contributed by atoms with Crippen molar-refractivity contribution in [2.24, 2.45) is 0 Å². The highest BCUT2D eigenvalue weighted by atomic mass is 16.6. The molecule has 0 rings (SSSR count). The minimum atomic E-state index is -0.461. The Morgan fingerprint density at radius 3 is 2.44 bits per heavy atom. The summed E-state index contributed by atoms with van der Waals surface area (Å²) in [5, 5.41) is 11.7. The van der Waals surface area contributed by atoms with Crippen LogP contribution in [0.3, 0.4) is 0 Å². The highest BCUT2D eigenvalue weighted by Gasteiger charge is 2.15. The highest BCUT2D eigenvalue weighted by Crippen LogP contribution is 2.06. The first-order valence-electron chi connectivity index (χ1n) is 6.69. The van der Waals surface area contributed by atoms with Crippen LogP contribution in [0.25, 0.3) is 0 Å². The van der Waals surface area contributed by atoms with Gasteiger partial charge in [0.15, 0.2) is 0 Å². The summed E-state index contributed by atoms with van der Waals surface area (Å²) in [5.74, 6) is 0. The van der Waals surface area contributed by atoms with Crippen LogP contribution in [0.5, 0.6) is 0 Å². The molecule has 0 atom stereocenters. The Kier molecular flexibility index (Phi) is 8.75. The summed E-state index contributed by atoms with van der Waals surface area (Å²) < 4.78 is 5.14. The van der Waals surface area contributed by atoms with E-state index in [0.717, 1.165) is 25.9 Å². The Bertz CT molecular complexity index is 227. The van der Waals surface area contributed by atoms with Crippen molar-refractivity contribution < 1.29 is 14.6 Å². The average Bonchev–Trinajstić information content (AvgIpc) is 2.23. The van der Waals surface area contributed by atoms with Crippen molar-refractivity contribution in [3.05, 3.63) is 0 Å². The second kappa shape index (κ2) is 9.16. The number of aliphatic hydroxyl groups is 1. The van der Waals surface area contributed by atoms with E-state index in [1.54, 1.807) is 0 Å². The molecule has 0 saturated carbocycles. The molecule has 0 saturated heterocycles. The van der Waals surface area contributed by atoms with Crippen molar-refractivity contribution in [1.29, 1.82) is 0 Å². The molecule has 1 amide bonds. The van der Waals surface area contributed by atoms with E-state index in [1.165, 1.54) is 0 Å². The molecule has 5 heteroatoms. The third-order valence-electron chi connectivity index (χ3n) is 2.34. The van der Waals surface area contributed by atoms with E-state index >= 15 is 0 Å². The normalized spacial score (nSPS) is 11.7. The molecule has 0 aromatic heterocycles. The number of carbonyl (C=O) groups is 1. The van der Waals surface area contributed by atoms with E-state index in [9.17, 15) is 4.79 Å². The number of unbranched alkanes of at least 4 members (excludes halogenated alkanes) is 1. The topological polar surface area (TPSA) is 61.8 Å². The zero-order chi connectivity index (χ0) is 14.0. The van der Waals surface area contributed by atoms with Gasteiger partial charge in [-0.2, -0.15) is 0 Å². The Labute approximate surface area is 110 Å². The van der Waals surface area contributed by atoms with Crippen LogP contribution in [-0.2, 0) is 4.74 Å². The molecule has 0 aliphatic rings. The molecule has 0 bridgehead atoms. The lowest BCUT2D eigenvalue weighted by molar-refractivity contribution is 0.0521. The van der Waals surface area contributed by atoms with Crippen LogP contribution in [0, 0.1) is 0 Å². The molecule has 0 aliphatic heterocycles. The molecule has 0 aliphatic carbocycles. The first-order valence-corrected chi connectivity index (χ1v) is 6.69. The fraction of sp³-hybridized carbons (Fsp3) is 0.923. The molecule has 0 unspecified atom stereocenters. The molecule has 5 nitrogen and oxygen atoms in total. The van der Waals surface area contributed by atoms with Crippen molar-refractivity contribution in [3.8, 4) is 0 Å². The fourth-order valence-electron chi connectivity index (χ4n) is 1.49. The fourth-order valence-corrected chi connectivity index (χ4v) is 1.49. The molecule has 108 valence electrons. The minimum Gasteiger partial charge on any atom is -0.444 e. The Balaban J connectivity index is 3.80. The van der Waals surface area contributed by atoms with Gasteiger partial charge in [0.05, 0.1) is 6.61 Å². The summed E-state index contributed by atoms with van der Waals surface area (Å²) in [5.41, 5.74) is -0.461. The van der Waals surface area contributed by atoms with Crippen molar-refractivity contribution in [3.63, 3.8) is 0 Å². The van der Waals surface area contributed by atoms with Gasteiger partial charge >= 0.3 is 6.09 Å². The molecule has 0 radical (unpaired) electrons. The van der Waals surface area contributed by atoms with Crippen LogP contribution in [0.4, 0.5) is 4.79 Å². The molecule has 0 heterocycles. The van der Waals surface area contributed by atoms with Gasteiger partial charge in [-0.1, -0.05) is 13.3 Å². The monoisotopic (exact) mass is 260 g/mol. The van der Waals surface area contributed by atoms with Crippen LogP contribution in [0.1, 0.15) is 40.5 Å². The maximum atomic E-state index is 11.4. The summed E-state index contributed by atoms with van der Waals surface area (Å²) >= 11 is 0. The maximum absolute atomic E-state index is 11.4. The van der Waals surface area contributed by atoms with Gasteiger partial charge in [0.1, 0.15) is 5.60 Å². The minimum absolute atomic E-state index is 0.149. The van der Waals surface area contributed by atoms with Gasteiger partial charge in [0, 0.05) is 19.6 Å². The number of amides is 1. The van der Waals surface area contributed by atoms with Crippen molar-refractivity contribution in [2.45, 2.75) is 46.1 Å². The number of ether oxygens (including phenoxy) is 1. The van der Waals surface area contributed by atoms with E-state index < -0.39 is 5.60 Å². The van der Waals surface area contributed by atoms with Gasteiger partial charge in [-0.05, 0) is 33.7 Å². The summed E-state index contributed by atoms with van der Waals surface area (Å²) in [4.78, 5) is 13.6. The molecular weight excluding hydrogens is 232 g/mol. The van der Waals surface area contributed by atoms with E-state index in [2.05, 4.69) is 17.1 Å². The number of carbonyl (C=O) groups excluding carboxylic acids is 1. The maximum Gasteiger partial charge on any atom is 0.407 e. The van der Waals surface area contributed by atoms with Crippen LogP contribution >= 0.6 is 0 Å². The van der Waals surface area contributed by atoms with Gasteiger partial charge in [0.2, 0.25) is 0 Å². The first kappa shape index (κ1) is 17.2. The van der Waals surface area contributed by atoms with Crippen molar-refractivity contribution >= 4 is 6.09 Å². The second-order valence-electron chi connectivity index (χ2n) is 5.35. The van der Waals surface area contributed by atoms with Crippen LogP contribution in [0.15, 0.2) is 0 Å². The largest absolute Gasteiger partial charge is 0.444 e. The molecule has 0 aromatic rings. The lowest BCUT2D eigenvalue weighted by Gasteiger charge is -2.23. The summed E-state index contributed by atoms with van der Waals surface area (Å²) in [6.45, 7) is 10.7. The summed E-state index contributed by atoms with van der Waals surface area (Å²) in [6.07, 6.45) is 1.84. The van der Waals surface area contributed by atoms with E-state index in [4.69, 9.17) is 9.84 Å². The van der Waals surface area contributed by atoms with Gasteiger partial charge in [-0.15, -0.1) is 0 Å². The predicted molar refractivity (Wildman–Crippen MR) is 72.7 cm³/mol. The van der Waals surface area contributed by atoms with E-state index in [1.807, 2.05) is 20.8 Å². The number of hydrogen-bond acceptors (Lipinski definition) is 4.